The Hall–Kier alpha value is -2.47. The van der Waals surface area contributed by atoms with Crippen LogP contribution in [0.3, 0.4) is 0 Å². The maximum atomic E-state index is 13.2. The lowest BCUT2D eigenvalue weighted by Crippen LogP contribution is -2.63. The molecule has 0 saturated carbocycles. The molecule has 1 aromatic heterocycles. The molecule has 0 bridgehead atoms. The van der Waals surface area contributed by atoms with Crippen LogP contribution in [0.5, 0.6) is 0 Å². The first-order chi connectivity index (χ1) is 19.6. The van der Waals surface area contributed by atoms with Gasteiger partial charge in [0.25, 0.3) is 0 Å². The molecule has 5 atom stereocenters. The van der Waals surface area contributed by atoms with Crippen molar-refractivity contribution >= 4 is 29.5 Å². The molecule has 1 saturated heterocycles. The molecule has 1 aromatic rings. The third-order valence-electron chi connectivity index (χ3n) is 7.99. The first kappa shape index (κ1) is 33.0. The number of amides is 2. The highest BCUT2D eigenvalue weighted by atomic mass is 32.2. The van der Waals surface area contributed by atoms with Gasteiger partial charge in [0, 0.05) is 57.1 Å². The fourth-order valence-corrected chi connectivity index (χ4v) is 7.13. The van der Waals surface area contributed by atoms with Crippen LogP contribution in [0.15, 0.2) is 35.1 Å². The van der Waals surface area contributed by atoms with Crippen molar-refractivity contribution in [2.45, 2.75) is 71.1 Å². The minimum atomic E-state index is -1.13. The summed E-state index contributed by atoms with van der Waals surface area (Å²) in [7, 11) is 3.50. The van der Waals surface area contributed by atoms with Crippen LogP contribution in [-0.4, -0.2) is 112 Å². The molecule has 2 aliphatic rings. The number of carboxylic acid groups (broad SMARTS) is 1. The van der Waals surface area contributed by atoms with Crippen molar-refractivity contribution in [1.82, 2.24) is 19.7 Å². The van der Waals surface area contributed by atoms with Crippen molar-refractivity contribution < 1.29 is 29.3 Å². The van der Waals surface area contributed by atoms with Crippen LogP contribution in [0.4, 0.5) is 0 Å². The third kappa shape index (κ3) is 8.09. The molecular weight excluding hydrogens is 544 g/mol. The number of aliphatic hydroxyl groups is 1. The number of nitrogens with zero attached hydrogens (tertiary/aromatic N) is 4. The molecule has 228 valence electrons. The predicted octanol–water partition coefficient (Wildman–Crippen LogP) is 2.87. The summed E-state index contributed by atoms with van der Waals surface area (Å²) in [5.74, 6) is -1.68. The van der Waals surface area contributed by atoms with Gasteiger partial charge in [0.15, 0.2) is 0 Å². The normalized spacial score (nSPS) is 21.6. The van der Waals surface area contributed by atoms with Gasteiger partial charge in [0.2, 0.25) is 11.8 Å². The van der Waals surface area contributed by atoms with Gasteiger partial charge in [-0.1, -0.05) is 19.9 Å². The summed E-state index contributed by atoms with van der Waals surface area (Å²) < 4.78 is 5.86. The summed E-state index contributed by atoms with van der Waals surface area (Å²) in [6.45, 7) is 8.30. The number of aromatic nitrogens is 1. The van der Waals surface area contributed by atoms with Gasteiger partial charge < -0.3 is 24.7 Å². The lowest BCUT2D eigenvalue weighted by Gasteiger charge is -2.46. The molecular formula is C30H46N4O6S. The predicted molar refractivity (Wildman–Crippen MR) is 159 cm³/mol. The quantitative estimate of drug-likeness (QED) is 0.196. The Morgan fingerprint density at radius 1 is 1.22 bits per heavy atom. The van der Waals surface area contributed by atoms with Crippen LogP contribution >= 0.6 is 11.8 Å². The lowest BCUT2D eigenvalue weighted by atomic mass is 9.79. The smallest absolute Gasteiger partial charge is 0.353 e. The molecule has 41 heavy (non-hydrogen) atoms. The summed E-state index contributed by atoms with van der Waals surface area (Å²) in [4.78, 5) is 47.8. The monoisotopic (exact) mass is 590 g/mol. The summed E-state index contributed by atoms with van der Waals surface area (Å²) in [6.07, 6.45) is 7.24. The van der Waals surface area contributed by atoms with E-state index in [-0.39, 0.29) is 35.5 Å². The molecule has 2 N–H and O–H groups in total. The zero-order valence-electron chi connectivity index (χ0n) is 25.0. The Morgan fingerprint density at radius 2 is 1.95 bits per heavy atom. The van der Waals surface area contributed by atoms with Crippen molar-refractivity contribution in [3.63, 3.8) is 0 Å². The van der Waals surface area contributed by atoms with E-state index in [1.165, 1.54) is 22.2 Å². The van der Waals surface area contributed by atoms with Crippen molar-refractivity contribution in [3.05, 3.63) is 40.7 Å². The fraction of sp³-hybridized carbons (Fsp3) is 0.667. The van der Waals surface area contributed by atoms with Gasteiger partial charge in [-0.25, -0.2) is 4.79 Å². The Bertz CT molecular complexity index is 1070. The topological polar surface area (TPSA) is 124 Å². The van der Waals surface area contributed by atoms with Crippen molar-refractivity contribution in [3.8, 4) is 0 Å². The number of aliphatic carboxylic acids is 1. The Labute approximate surface area is 248 Å². The fourth-order valence-electron chi connectivity index (χ4n) is 5.84. The number of fused-ring (bicyclic) bond motifs is 1. The first-order valence-electron chi connectivity index (χ1n) is 14.6. The highest BCUT2D eigenvalue weighted by molar-refractivity contribution is 8.03. The first-order valence-corrected chi connectivity index (χ1v) is 15.6. The van der Waals surface area contributed by atoms with Crippen LogP contribution < -0.4 is 0 Å². The number of carbonyl (C=O) groups is 3. The third-order valence-corrected chi connectivity index (χ3v) is 9.31. The molecule has 1 fully saturated rings. The van der Waals surface area contributed by atoms with Crippen molar-refractivity contribution in [2.75, 3.05) is 46.2 Å². The highest BCUT2D eigenvalue weighted by Gasteiger charge is 2.59. The van der Waals surface area contributed by atoms with Crippen LogP contribution in [0, 0.1) is 11.8 Å². The molecule has 11 heteroatoms. The maximum absolute atomic E-state index is 13.2. The number of aliphatic hydroxyl groups excluding tert-OH is 1. The standard InChI is InChI=1S/C30H46N4O6S/c1-6-33(15-10-17-40-16-8-7-11-22-12-9-14-31-19-22)23(28(36)32(4)5)13-18-41-27-20(2)25-24(21(3)35)29(37)34(25)26(27)30(38)39/h9,12,14,19-21,23-25,35H,6-8,10-11,13,15-18H2,1-5H3,(H,38,39)/t20-,21-,23+,24-,25?/m1/s1. The van der Waals surface area contributed by atoms with Crippen molar-refractivity contribution in [1.29, 1.82) is 0 Å². The van der Waals surface area contributed by atoms with Crippen LogP contribution in [0.1, 0.15) is 52.0 Å². The number of likely N-dealkylation sites (N-methyl/N-ethyl adjacent to an activating group) is 2. The Balaban J connectivity index is 1.50. The lowest BCUT2D eigenvalue weighted by molar-refractivity contribution is -0.163. The number of hydrogen-bond acceptors (Lipinski definition) is 8. The molecule has 10 nitrogen and oxygen atoms in total. The van der Waals surface area contributed by atoms with E-state index in [4.69, 9.17) is 4.74 Å². The average molecular weight is 591 g/mol. The summed E-state index contributed by atoms with van der Waals surface area (Å²) in [5.41, 5.74) is 1.26. The Morgan fingerprint density at radius 3 is 2.56 bits per heavy atom. The number of aryl methyl sites for hydroxylation is 1. The molecule has 0 spiro atoms. The second-order valence-electron chi connectivity index (χ2n) is 11.1. The number of β-lactam (4-membered cyclic amide) rings is 1. The van der Waals surface area contributed by atoms with E-state index in [9.17, 15) is 24.6 Å². The number of pyridine rings is 1. The highest BCUT2D eigenvalue weighted by Crippen LogP contribution is 2.50. The molecule has 2 aliphatic heterocycles. The number of rotatable bonds is 18. The molecule has 0 radical (unpaired) electrons. The van der Waals surface area contributed by atoms with Gasteiger partial charge in [0.05, 0.1) is 24.1 Å². The minimum absolute atomic E-state index is 0.0174. The summed E-state index contributed by atoms with van der Waals surface area (Å²) >= 11 is 1.41. The van der Waals surface area contributed by atoms with Gasteiger partial charge in [-0.3, -0.25) is 19.5 Å². The van der Waals surface area contributed by atoms with E-state index in [2.05, 4.69) is 16.0 Å². The summed E-state index contributed by atoms with van der Waals surface area (Å²) in [6, 6.07) is 3.37. The summed E-state index contributed by atoms with van der Waals surface area (Å²) in [5, 5.41) is 20.0. The number of ether oxygens (including phenoxy) is 1. The second-order valence-corrected chi connectivity index (χ2v) is 12.2. The number of carbonyl (C=O) groups excluding carboxylic acids is 2. The molecule has 0 aliphatic carbocycles. The van der Waals surface area contributed by atoms with Crippen LogP contribution in [0.25, 0.3) is 0 Å². The van der Waals surface area contributed by atoms with E-state index < -0.39 is 18.0 Å². The van der Waals surface area contributed by atoms with Gasteiger partial charge in [0.1, 0.15) is 5.70 Å². The van der Waals surface area contributed by atoms with Crippen LogP contribution in [-0.2, 0) is 25.5 Å². The van der Waals surface area contributed by atoms with Crippen LogP contribution in [0.2, 0.25) is 0 Å². The molecule has 3 heterocycles. The average Bonchev–Trinajstić information content (AvgIpc) is 3.18. The van der Waals surface area contributed by atoms with E-state index in [1.54, 1.807) is 32.1 Å². The van der Waals surface area contributed by atoms with Gasteiger partial charge in [-0.2, -0.15) is 0 Å². The van der Waals surface area contributed by atoms with E-state index in [1.807, 2.05) is 26.1 Å². The van der Waals surface area contributed by atoms with Gasteiger partial charge in [-0.15, -0.1) is 11.8 Å². The number of thioether (sulfide) groups is 1. The molecule has 1 unspecified atom stereocenters. The maximum Gasteiger partial charge on any atom is 0.353 e. The number of unbranched alkanes of at least 4 members (excludes halogenated alkanes) is 1. The van der Waals surface area contributed by atoms with E-state index >= 15 is 0 Å². The van der Waals surface area contributed by atoms with E-state index in [0.717, 1.165) is 32.2 Å². The molecule has 0 aromatic carbocycles. The zero-order valence-corrected chi connectivity index (χ0v) is 25.8. The van der Waals surface area contributed by atoms with Crippen molar-refractivity contribution in [2.24, 2.45) is 11.8 Å². The molecule has 3 rings (SSSR count). The molecule has 2 amide bonds. The SMILES string of the molecule is CCN(CCCOCCCCc1cccnc1)[C@@H](CCSC1=C(C(=O)O)N2C(=O)[C@H]([C@@H](C)O)C2[C@H]1C)C(=O)N(C)C. The van der Waals surface area contributed by atoms with Gasteiger partial charge in [-0.05, 0) is 63.0 Å². The number of hydrogen-bond donors (Lipinski definition) is 2. The zero-order chi connectivity index (χ0) is 30.1. The minimum Gasteiger partial charge on any atom is -0.477 e. The second kappa shape index (κ2) is 15.7. The largest absolute Gasteiger partial charge is 0.477 e. The Kier molecular flexibility index (Phi) is 12.6. The van der Waals surface area contributed by atoms with Gasteiger partial charge >= 0.3 is 5.97 Å². The van der Waals surface area contributed by atoms with E-state index in [0.29, 0.717) is 36.8 Å². The number of carboxylic acids is 1.